The average Bonchev–Trinajstić information content (AvgIpc) is 3.44. The fourth-order valence-corrected chi connectivity index (χ4v) is 4.55. The number of benzene rings is 2. The molecule has 2 heterocycles. The van der Waals surface area contributed by atoms with E-state index < -0.39 is 0 Å². The van der Waals surface area contributed by atoms with Gasteiger partial charge in [-0.25, -0.2) is 4.79 Å². The van der Waals surface area contributed by atoms with Crippen LogP contribution in [-0.2, 0) is 6.42 Å². The molecule has 1 fully saturated rings. The smallest absolute Gasteiger partial charge is 0.319 e. The molecule has 31 heavy (non-hydrogen) atoms. The lowest BCUT2D eigenvalue weighted by molar-refractivity contribution is 0.227. The van der Waals surface area contributed by atoms with E-state index >= 15 is 0 Å². The zero-order valence-corrected chi connectivity index (χ0v) is 18.6. The molecular formula is C24H32N4O3. The molecule has 2 amide bonds. The van der Waals surface area contributed by atoms with Crippen molar-refractivity contribution in [1.82, 2.24) is 10.2 Å². The lowest BCUT2D eigenvalue weighted by Gasteiger charge is -2.29. The van der Waals surface area contributed by atoms with Gasteiger partial charge in [-0.2, -0.15) is 0 Å². The van der Waals surface area contributed by atoms with Crippen LogP contribution in [-0.4, -0.2) is 58.4 Å². The van der Waals surface area contributed by atoms with E-state index in [4.69, 9.17) is 9.47 Å². The molecule has 2 aromatic rings. The SMILES string of the molecule is COc1cc(NC(=O)NC[C@@H](c2ccc3c(c2)CCN3C)N2CCCC2)cc(OC)c1. The summed E-state index contributed by atoms with van der Waals surface area (Å²) >= 11 is 0. The van der Waals surface area contributed by atoms with Gasteiger partial charge in [-0.15, -0.1) is 0 Å². The van der Waals surface area contributed by atoms with Gasteiger partial charge in [0.25, 0.3) is 0 Å². The van der Waals surface area contributed by atoms with Crippen LogP contribution in [0.2, 0.25) is 0 Å². The van der Waals surface area contributed by atoms with Crippen LogP contribution in [0.15, 0.2) is 36.4 Å². The molecule has 0 aromatic heterocycles. The quantitative estimate of drug-likeness (QED) is 0.710. The highest BCUT2D eigenvalue weighted by atomic mass is 16.5. The first-order chi connectivity index (χ1) is 15.1. The number of fused-ring (bicyclic) bond motifs is 1. The number of ether oxygens (including phenoxy) is 2. The number of carbonyl (C=O) groups is 1. The van der Waals surface area contributed by atoms with E-state index in [1.54, 1.807) is 32.4 Å². The van der Waals surface area contributed by atoms with Crippen LogP contribution in [0.3, 0.4) is 0 Å². The van der Waals surface area contributed by atoms with Crippen LogP contribution >= 0.6 is 0 Å². The predicted molar refractivity (Wildman–Crippen MR) is 124 cm³/mol. The molecule has 1 saturated heterocycles. The number of hydrogen-bond donors (Lipinski definition) is 2. The molecule has 2 aliphatic heterocycles. The van der Waals surface area contributed by atoms with Crippen LogP contribution in [0.5, 0.6) is 11.5 Å². The van der Waals surface area contributed by atoms with Gasteiger partial charge in [0.15, 0.2) is 0 Å². The molecule has 0 radical (unpaired) electrons. The molecule has 166 valence electrons. The van der Waals surface area contributed by atoms with Gasteiger partial charge in [0, 0.05) is 49.7 Å². The minimum atomic E-state index is -0.236. The monoisotopic (exact) mass is 424 g/mol. The Morgan fingerprint density at radius 2 is 1.74 bits per heavy atom. The maximum absolute atomic E-state index is 12.7. The zero-order chi connectivity index (χ0) is 21.8. The molecule has 1 atom stereocenters. The number of nitrogens with one attached hydrogen (secondary N) is 2. The number of likely N-dealkylation sites (tertiary alicyclic amines) is 1. The summed E-state index contributed by atoms with van der Waals surface area (Å²) in [6.07, 6.45) is 3.50. The number of rotatable bonds is 7. The number of methoxy groups -OCH3 is 2. The number of hydrogen-bond acceptors (Lipinski definition) is 5. The molecule has 2 N–H and O–H groups in total. The van der Waals surface area contributed by atoms with E-state index in [2.05, 4.69) is 45.7 Å². The summed E-state index contributed by atoms with van der Waals surface area (Å²) in [7, 11) is 5.32. The standard InChI is InChI=1S/C24H32N4O3/c1-27-11-8-18-12-17(6-7-22(18)27)23(28-9-4-5-10-28)16-25-24(29)26-19-13-20(30-2)15-21(14-19)31-3/h6-7,12-15,23H,4-5,8-11,16H2,1-3H3,(H2,25,26,29)/t23-/m0/s1. The molecule has 0 aliphatic carbocycles. The Balaban J connectivity index is 1.45. The summed E-state index contributed by atoms with van der Waals surface area (Å²) in [5, 5.41) is 5.98. The normalized spacial score (nSPS) is 16.7. The molecule has 7 nitrogen and oxygen atoms in total. The molecular weight excluding hydrogens is 392 g/mol. The lowest BCUT2D eigenvalue weighted by Crippen LogP contribution is -2.38. The second kappa shape index (κ2) is 9.47. The fraction of sp³-hybridized carbons (Fsp3) is 0.458. The average molecular weight is 425 g/mol. The Kier molecular flexibility index (Phi) is 6.51. The second-order valence-electron chi connectivity index (χ2n) is 8.25. The van der Waals surface area contributed by atoms with Crippen LogP contribution in [0, 0.1) is 0 Å². The van der Waals surface area contributed by atoms with Crippen molar-refractivity contribution in [3.05, 3.63) is 47.5 Å². The maximum Gasteiger partial charge on any atom is 0.319 e. The summed E-state index contributed by atoms with van der Waals surface area (Å²) < 4.78 is 10.6. The van der Waals surface area contributed by atoms with Crippen molar-refractivity contribution in [3.8, 4) is 11.5 Å². The first-order valence-corrected chi connectivity index (χ1v) is 10.9. The van der Waals surface area contributed by atoms with E-state index in [1.165, 1.54) is 29.7 Å². The van der Waals surface area contributed by atoms with Crippen molar-refractivity contribution >= 4 is 17.4 Å². The summed E-state index contributed by atoms with van der Waals surface area (Å²) in [6, 6.07) is 12.0. The topological polar surface area (TPSA) is 66.1 Å². The number of urea groups is 1. The molecule has 2 aliphatic rings. The van der Waals surface area contributed by atoms with Gasteiger partial charge in [0.1, 0.15) is 11.5 Å². The predicted octanol–water partition coefficient (Wildman–Crippen LogP) is 3.65. The molecule has 0 saturated carbocycles. The third kappa shape index (κ3) is 4.88. The number of carbonyl (C=O) groups excluding carboxylic acids is 1. The van der Waals surface area contributed by atoms with Crippen molar-refractivity contribution in [2.24, 2.45) is 0 Å². The molecule has 4 rings (SSSR count). The Bertz CT molecular complexity index is 905. The highest BCUT2D eigenvalue weighted by molar-refractivity contribution is 5.89. The van der Waals surface area contributed by atoms with Crippen LogP contribution in [0.25, 0.3) is 0 Å². The van der Waals surface area contributed by atoms with Crippen molar-refractivity contribution < 1.29 is 14.3 Å². The zero-order valence-electron chi connectivity index (χ0n) is 18.6. The van der Waals surface area contributed by atoms with Gasteiger partial charge in [-0.1, -0.05) is 12.1 Å². The molecule has 0 unspecified atom stereocenters. The van der Waals surface area contributed by atoms with Gasteiger partial charge < -0.3 is 25.0 Å². The third-order valence-corrected chi connectivity index (χ3v) is 6.26. The van der Waals surface area contributed by atoms with E-state index in [0.29, 0.717) is 23.7 Å². The van der Waals surface area contributed by atoms with E-state index in [9.17, 15) is 4.79 Å². The third-order valence-electron chi connectivity index (χ3n) is 6.26. The number of likely N-dealkylation sites (N-methyl/N-ethyl adjacent to an activating group) is 1. The molecule has 7 heteroatoms. The maximum atomic E-state index is 12.7. The van der Waals surface area contributed by atoms with E-state index in [0.717, 1.165) is 26.1 Å². The molecule has 2 aromatic carbocycles. The summed E-state index contributed by atoms with van der Waals surface area (Å²) in [5.74, 6) is 1.26. The van der Waals surface area contributed by atoms with Crippen molar-refractivity contribution in [1.29, 1.82) is 0 Å². The minimum absolute atomic E-state index is 0.171. The van der Waals surface area contributed by atoms with Crippen LogP contribution in [0.4, 0.5) is 16.2 Å². The Morgan fingerprint density at radius 1 is 1.03 bits per heavy atom. The van der Waals surface area contributed by atoms with Crippen molar-refractivity contribution in [2.45, 2.75) is 25.3 Å². The first kappa shape index (κ1) is 21.3. The summed E-state index contributed by atoms with van der Waals surface area (Å²) in [6.45, 7) is 3.76. The highest BCUT2D eigenvalue weighted by Gasteiger charge is 2.26. The second-order valence-corrected chi connectivity index (χ2v) is 8.25. The van der Waals surface area contributed by atoms with Crippen molar-refractivity contribution in [2.75, 3.05) is 57.7 Å². The highest BCUT2D eigenvalue weighted by Crippen LogP contribution is 2.32. The van der Waals surface area contributed by atoms with Gasteiger partial charge in [0.2, 0.25) is 0 Å². The van der Waals surface area contributed by atoms with Gasteiger partial charge in [-0.3, -0.25) is 4.90 Å². The van der Waals surface area contributed by atoms with Crippen LogP contribution < -0.4 is 25.0 Å². The Hall–Kier alpha value is -2.93. The summed E-state index contributed by atoms with van der Waals surface area (Å²) in [5.41, 5.74) is 4.63. The number of anilines is 2. The minimum Gasteiger partial charge on any atom is -0.497 e. The van der Waals surface area contributed by atoms with E-state index in [1.807, 2.05) is 0 Å². The lowest BCUT2D eigenvalue weighted by atomic mass is 10.0. The number of amides is 2. The van der Waals surface area contributed by atoms with Gasteiger partial charge in [-0.05, 0) is 49.5 Å². The Labute approximate surface area is 184 Å². The van der Waals surface area contributed by atoms with E-state index in [-0.39, 0.29) is 12.1 Å². The number of nitrogens with zero attached hydrogens (tertiary/aromatic N) is 2. The molecule has 0 spiro atoms. The first-order valence-electron chi connectivity index (χ1n) is 10.9. The van der Waals surface area contributed by atoms with Gasteiger partial charge in [0.05, 0.1) is 20.3 Å². The summed E-state index contributed by atoms with van der Waals surface area (Å²) in [4.78, 5) is 17.4. The van der Waals surface area contributed by atoms with Crippen molar-refractivity contribution in [3.63, 3.8) is 0 Å². The Morgan fingerprint density at radius 3 is 2.42 bits per heavy atom. The molecule has 0 bridgehead atoms. The van der Waals surface area contributed by atoms with Crippen LogP contribution in [0.1, 0.15) is 30.0 Å². The van der Waals surface area contributed by atoms with Gasteiger partial charge >= 0.3 is 6.03 Å². The largest absolute Gasteiger partial charge is 0.497 e. The fourth-order valence-electron chi connectivity index (χ4n) is 4.55.